The molecule has 0 saturated carbocycles. The maximum atomic E-state index is 5.51. The van der Waals surface area contributed by atoms with Crippen LogP contribution < -0.4 is 14.8 Å². The van der Waals surface area contributed by atoms with Gasteiger partial charge in [0.1, 0.15) is 0 Å². The van der Waals surface area contributed by atoms with Gasteiger partial charge in [0.15, 0.2) is 11.5 Å². The van der Waals surface area contributed by atoms with Crippen molar-refractivity contribution in [2.24, 2.45) is 0 Å². The molecular formula is C15H24N2O2. The molecule has 19 heavy (non-hydrogen) atoms. The fraction of sp³-hybridized carbons (Fsp3) is 0.600. The predicted molar refractivity (Wildman–Crippen MR) is 77.3 cm³/mol. The molecular weight excluding hydrogens is 240 g/mol. The standard InChI is InChI=1S/C15H24N2O2/c1-12-10-13(15(19-3)14(11-12)18-2)4-7-17-8-5-16-6-9-17/h10-11,16H,4-9H2,1-3H3. The molecule has 1 aliphatic rings. The zero-order chi connectivity index (χ0) is 13.7. The van der Waals surface area contributed by atoms with Crippen LogP contribution in [0.25, 0.3) is 0 Å². The number of rotatable bonds is 5. The summed E-state index contributed by atoms with van der Waals surface area (Å²) in [5.41, 5.74) is 2.45. The third kappa shape index (κ3) is 3.61. The number of hydrogen-bond acceptors (Lipinski definition) is 4. The van der Waals surface area contributed by atoms with E-state index in [1.165, 1.54) is 11.1 Å². The van der Waals surface area contributed by atoms with Gasteiger partial charge in [0.05, 0.1) is 14.2 Å². The first-order chi connectivity index (χ1) is 9.24. The molecule has 1 N–H and O–H groups in total. The minimum absolute atomic E-state index is 0.831. The van der Waals surface area contributed by atoms with E-state index >= 15 is 0 Å². The number of nitrogens with zero attached hydrogens (tertiary/aromatic N) is 1. The van der Waals surface area contributed by atoms with Gasteiger partial charge < -0.3 is 19.7 Å². The minimum Gasteiger partial charge on any atom is -0.493 e. The number of ether oxygens (including phenoxy) is 2. The summed E-state index contributed by atoms with van der Waals surface area (Å²) >= 11 is 0. The van der Waals surface area contributed by atoms with Crippen molar-refractivity contribution in [2.75, 3.05) is 46.9 Å². The zero-order valence-electron chi connectivity index (χ0n) is 12.2. The minimum atomic E-state index is 0.831. The van der Waals surface area contributed by atoms with Crippen molar-refractivity contribution < 1.29 is 9.47 Å². The monoisotopic (exact) mass is 264 g/mol. The average molecular weight is 264 g/mol. The smallest absolute Gasteiger partial charge is 0.163 e. The fourth-order valence-electron chi connectivity index (χ4n) is 2.59. The number of benzene rings is 1. The molecule has 0 aliphatic carbocycles. The SMILES string of the molecule is COc1cc(C)cc(CCN2CCNCC2)c1OC. The summed E-state index contributed by atoms with van der Waals surface area (Å²) < 4.78 is 10.9. The third-order valence-electron chi connectivity index (χ3n) is 3.61. The molecule has 0 amide bonds. The Hall–Kier alpha value is -1.26. The van der Waals surface area contributed by atoms with Crippen LogP contribution in [0.4, 0.5) is 0 Å². The molecule has 2 rings (SSSR count). The lowest BCUT2D eigenvalue weighted by Crippen LogP contribution is -2.44. The lowest BCUT2D eigenvalue weighted by molar-refractivity contribution is 0.242. The topological polar surface area (TPSA) is 33.7 Å². The summed E-state index contributed by atoms with van der Waals surface area (Å²) in [6, 6.07) is 4.22. The lowest BCUT2D eigenvalue weighted by atomic mass is 10.1. The molecule has 106 valence electrons. The van der Waals surface area contributed by atoms with Crippen LogP contribution in [0.3, 0.4) is 0 Å². The van der Waals surface area contributed by atoms with E-state index in [2.05, 4.69) is 23.2 Å². The highest BCUT2D eigenvalue weighted by molar-refractivity contribution is 5.49. The zero-order valence-corrected chi connectivity index (χ0v) is 12.2. The largest absolute Gasteiger partial charge is 0.493 e. The van der Waals surface area contributed by atoms with E-state index < -0.39 is 0 Å². The Balaban J connectivity index is 2.07. The van der Waals surface area contributed by atoms with Crippen molar-refractivity contribution in [1.29, 1.82) is 0 Å². The Bertz CT molecular complexity index is 415. The fourth-order valence-corrected chi connectivity index (χ4v) is 2.59. The molecule has 0 bridgehead atoms. The Labute approximate surface area is 115 Å². The van der Waals surface area contributed by atoms with Gasteiger partial charge in [-0.05, 0) is 30.5 Å². The van der Waals surface area contributed by atoms with Crippen molar-refractivity contribution in [3.63, 3.8) is 0 Å². The Morgan fingerprint density at radius 1 is 1.16 bits per heavy atom. The highest BCUT2D eigenvalue weighted by Crippen LogP contribution is 2.32. The molecule has 0 aromatic heterocycles. The van der Waals surface area contributed by atoms with E-state index in [9.17, 15) is 0 Å². The van der Waals surface area contributed by atoms with Gasteiger partial charge in [-0.25, -0.2) is 0 Å². The maximum Gasteiger partial charge on any atom is 0.163 e. The van der Waals surface area contributed by atoms with Crippen molar-refractivity contribution >= 4 is 0 Å². The Morgan fingerprint density at radius 3 is 2.53 bits per heavy atom. The molecule has 0 atom stereocenters. The van der Waals surface area contributed by atoms with Crippen LogP contribution in [-0.2, 0) is 6.42 Å². The molecule has 0 spiro atoms. The summed E-state index contributed by atoms with van der Waals surface area (Å²) in [5, 5.41) is 3.38. The first-order valence-electron chi connectivity index (χ1n) is 6.89. The second kappa shape index (κ2) is 6.78. The quantitative estimate of drug-likeness (QED) is 0.873. The van der Waals surface area contributed by atoms with Crippen LogP contribution in [0, 0.1) is 6.92 Å². The number of hydrogen-bond donors (Lipinski definition) is 1. The normalized spacial score (nSPS) is 16.4. The summed E-state index contributed by atoms with van der Waals surface area (Å²) in [6.45, 7) is 7.61. The molecule has 0 unspecified atom stereocenters. The van der Waals surface area contributed by atoms with E-state index in [1.807, 2.05) is 6.07 Å². The van der Waals surface area contributed by atoms with Crippen LogP contribution >= 0.6 is 0 Å². The summed E-state index contributed by atoms with van der Waals surface area (Å²) in [7, 11) is 3.40. The van der Waals surface area contributed by atoms with Gasteiger partial charge >= 0.3 is 0 Å². The van der Waals surface area contributed by atoms with E-state index in [-0.39, 0.29) is 0 Å². The number of methoxy groups -OCH3 is 2. The number of aryl methyl sites for hydroxylation is 1. The summed E-state index contributed by atoms with van der Waals surface area (Å²) in [4.78, 5) is 2.49. The van der Waals surface area contributed by atoms with Gasteiger partial charge in [-0.1, -0.05) is 6.07 Å². The van der Waals surface area contributed by atoms with Gasteiger partial charge in [-0.3, -0.25) is 0 Å². The van der Waals surface area contributed by atoms with E-state index in [1.54, 1.807) is 14.2 Å². The van der Waals surface area contributed by atoms with Gasteiger partial charge in [-0.15, -0.1) is 0 Å². The van der Waals surface area contributed by atoms with E-state index in [0.717, 1.165) is 50.6 Å². The average Bonchev–Trinajstić information content (AvgIpc) is 2.45. The lowest BCUT2D eigenvalue weighted by Gasteiger charge is -2.27. The van der Waals surface area contributed by atoms with Crippen LogP contribution in [0.1, 0.15) is 11.1 Å². The summed E-state index contributed by atoms with van der Waals surface area (Å²) in [6.07, 6.45) is 1.00. The second-order valence-electron chi connectivity index (χ2n) is 5.00. The molecule has 1 heterocycles. The molecule has 4 nitrogen and oxygen atoms in total. The maximum absolute atomic E-state index is 5.51. The van der Waals surface area contributed by atoms with Crippen LogP contribution in [-0.4, -0.2) is 51.8 Å². The molecule has 1 aliphatic heterocycles. The predicted octanol–water partition coefficient (Wildman–Crippen LogP) is 1.46. The van der Waals surface area contributed by atoms with Crippen molar-refractivity contribution in [1.82, 2.24) is 10.2 Å². The number of piperazine rings is 1. The molecule has 1 aromatic carbocycles. The Morgan fingerprint density at radius 2 is 1.89 bits per heavy atom. The molecule has 1 fully saturated rings. The van der Waals surface area contributed by atoms with Gasteiger partial charge in [0, 0.05) is 32.7 Å². The van der Waals surface area contributed by atoms with Crippen LogP contribution in [0.15, 0.2) is 12.1 Å². The van der Waals surface area contributed by atoms with Crippen molar-refractivity contribution in [3.05, 3.63) is 23.3 Å². The van der Waals surface area contributed by atoms with Crippen LogP contribution in [0.2, 0.25) is 0 Å². The highest BCUT2D eigenvalue weighted by atomic mass is 16.5. The molecule has 4 heteroatoms. The molecule has 0 radical (unpaired) electrons. The van der Waals surface area contributed by atoms with Gasteiger partial charge in [0.2, 0.25) is 0 Å². The highest BCUT2D eigenvalue weighted by Gasteiger charge is 2.14. The van der Waals surface area contributed by atoms with E-state index in [4.69, 9.17) is 9.47 Å². The second-order valence-corrected chi connectivity index (χ2v) is 5.00. The van der Waals surface area contributed by atoms with E-state index in [0.29, 0.717) is 0 Å². The number of nitrogens with one attached hydrogen (secondary N) is 1. The first kappa shape index (κ1) is 14.2. The molecule has 1 aromatic rings. The molecule has 1 saturated heterocycles. The third-order valence-corrected chi connectivity index (χ3v) is 3.61. The van der Waals surface area contributed by atoms with Crippen molar-refractivity contribution in [3.8, 4) is 11.5 Å². The first-order valence-corrected chi connectivity index (χ1v) is 6.89. The van der Waals surface area contributed by atoms with Gasteiger partial charge in [0.25, 0.3) is 0 Å². The van der Waals surface area contributed by atoms with Crippen molar-refractivity contribution in [2.45, 2.75) is 13.3 Å². The Kier molecular flexibility index (Phi) is 5.05. The van der Waals surface area contributed by atoms with Crippen LogP contribution in [0.5, 0.6) is 11.5 Å². The summed E-state index contributed by atoms with van der Waals surface area (Å²) in [5.74, 6) is 1.71. The van der Waals surface area contributed by atoms with Gasteiger partial charge in [-0.2, -0.15) is 0 Å².